The molecule has 3 aliphatic rings. The van der Waals surface area contributed by atoms with Crippen LogP contribution in [0.4, 0.5) is 0 Å². The summed E-state index contributed by atoms with van der Waals surface area (Å²) in [6.07, 6.45) is -2.52. The highest BCUT2D eigenvalue weighted by molar-refractivity contribution is 5.88. The lowest BCUT2D eigenvalue weighted by molar-refractivity contribution is -0.442. The number of rotatable bonds is 8. The topological polar surface area (TPSA) is 176 Å². The molecule has 3 fully saturated rings. The zero-order valence-electron chi connectivity index (χ0n) is 21.4. The van der Waals surface area contributed by atoms with Gasteiger partial charge in [0.25, 0.3) is 0 Å². The first-order valence-corrected chi connectivity index (χ1v) is 12.8. The van der Waals surface area contributed by atoms with E-state index in [1.54, 1.807) is 14.1 Å². The summed E-state index contributed by atoms with van der Waals surface area (Å²) in [4.78, 5) is 25.5. The number of hydrogen-bond acceptors (Lipinski definition) is 10. The summed E-state index contributed by atoms with van der Waals surface area (Å²) in [5.41, 5.74) is 6.33. The number of aliphatic hydroxyl groups is 2. The normalized spacial score (nSPS) is 38.1. The van der Waals surface area contributed by atoms with Gasteiger partial charge in [-0.25, -0.2) is 0 Å². The monoisotopic (exact) mass is 521 g/mol. The lowest BCUT2D eigenvalue weighted by Crippen LogP contribution is -2.76. The number of hydrogen-bond donors (Lipinski definition) is 7. The van der Waals surface area contributed by atoms with E-state index in [4.69, 9.17) is 19.9 Å². The third-order valence-electron chi connectivity index (χ3n) is 7.51. The van der Waals surface area contributed by atoms with Crippen molar-refractivity contribution in [2.75, 3.05) is 20.6 Å². The lowest BCUT2D eigenvalue weighted by Gasteiger charge is -2.57. The van der Waals surface area contributed by atoms with Crippen molar-refractivity contribution in [2.24, 2.45) is 5.73 Å². The highest BCUT2D eigenvalue weighted by Crippen LogP contribution is 2.41. The number of nitrogens with two attached hydrogens (primary N) is 1. The maximum absolute atomic E-state index is 13.5. The summed E-state index contributed by atoms with van der Waals surface area (Å²) in [6, 6.07) is 6.68. The van der Waals surface area contributed by atoms with Gasteiger partial charge in [0.15, 0.2) is 0 Å². The Labute approximate surface area is 216 Å². The molecule has 1 saturated carbocycles. The van der Waals surface area contributed by atoms with E-state index in [9.17, 15) is 19.8 Å². The van der Waals surface area contributed by atoms with E-state index >= 15 is 0 Å². The molecule has 8 N–H and O–H groups in total. The molecule has 1 aromatic rings. The smallest absolute Gasteiger partial charge is 0.243 e. The van der Waals surface area contributed by atoms with Gasteiger partial charge in [-0.2, -0.15) is 0 Å². The minimum absolute atomic E-state index is 0.237. The van der Waals surface area contributed by atoms with Crippen LogP contribution in [0.25, 0.3) is 0 Å². The standard InChI is InChI=1S/C25H39N5O7/c1-13-9-18(30-23(33)16(29-19(31)12-26)10-14-7-5-4-6-8-14)25(34)24(35-13)36-17-11-15(27-2)21(32)20(28-3)22(17)37-25/h4-8,13,15-18,20-22,24,27-28,32,34H,9-12,26H2,1-3H3,(H,29,31)(H,30,33)/t13-,15+,16+,17?,18?,20+,21+,22?,24?,25?/m1/s1. The molecule has 5 unspecified atom stereocenters. The van der Waals surface area contributed by atoms with Crippen molar-refractivity contribution in [3.63, 3.8) is 0 Å². The first kappa shape index (κ1) is 27.9. The Bertz CT molecular complexity index is 939. The maximum atomic E-state index is 13.5. The van der Waals surface area contributed by atoms with Crippen LogP contribution in [0.15, 0.2) is 30.3 Å². The Morgan fingerprint density at radius 2 is 1.89 bits per heavy atom. The van der Waals surface area contributed by atoms with E-state index in [-0.39, 0.29) is 31.5 Å². The van der Waals surface area contributed by atoms with E-state index in [1.807, 2.05) is 37.3 Å². The fourth-order valence-electron chi connectivity index (χ4n) is 5.53. The number of amides is 2. The number of likely N-dealkylation sites (N-methyl/N-ethyl adjacent to an activating group) is 2. The third-order valence-corrected chi connectivity index (χ3v) is 7.51. The summed E-state index contributed by atoms with van der Waals surface area (Å²) in [7, 11) is 3.47. The van der Waals surface area contributed by atoms with Gasteiger partial charge < -0.3 is 51.4 Å². The van der Waals surface area contributed by atoms with Gasteiger partial charge in [-0.15, -0.1) is 0 Å². The van der Waals surface area contributed by atoms with E-state index in [1.165, 1.54) is 0 Å². The molecule has 0 spiro atoms. The van der Waals surface area contributed by atoms with Crippen LogP contribution in [0, 0.1) is 0 Å². The van der Waals surface area contributed by atoms with Crippen molar-refractivity contribution in [3.8, 4) is 0 Å². The third kappa shape index (κ3) is 5.81. The number of benzene rings is 1. The highest BCUT2D eigenvalue weighted by Gasteiger charge is 2.61. The molecule has 0 bridgehead atoms. The second kappa shape index (κ2) is 11.7. The SMILES string of the molecule is CN[C@H]1CC2OC3O[C@H](C)CC(NC(=O)[C@H](Cc4ccccc4)NC(=O)CN)C3(O)OC2[C@@H](NC)[C@H]1O. The zero-order chi connectivity index (χ0) is 26.7. The second-order valence-corrected chi connectivity index (χ2v) is 10.0. The number of carbonyl (C=O) groups excluding carboxylic acids is 2. The molecule has 2 heterocycles. The van der Waals surface area contributed by atoms with Crippen LogP contribution >= 0.6 is 0 Å². The quantitative estimate of drug-likeness (QED) is 0.197. The molecule has 0 radical (unpaired) electrons. The average molecular weight is 522 g/mol. The van der Waals surface area contributed by atoms with Crippen LogP contribution in [-0.4, -0.2) is 103 Å². The Balaban J connectivity index is 1.55. The van der Waals surface area contributed by atoms with E-state index < -0.39 is 60.3 Å². The number of ether oxygens (including phenoxy) is 3. The first-order valence-electron chi connectivity index (χ1n) is 12.8. The molecule has 0 aromatic heterocycles. The Morgan fingerprint density at radius 3 is 2.54 bits per heavy atom. The molecule has 2 amide bonds. The van der Waals surface area contributed by atoms with Crippen molar-refractivity contribution >= 4 is 11.8 Å². The van der Waals surface area contributed by atoms with Gasteiger partial charge in [0.1, 0.15) is 12.1 Å². The molecule has 37 heavy (non-hydrogen) atoms. The van der Waals surface area contributed by atoms with E-state index in [2.05, 4.69) is 21.3 Å². The average Bonchev–Trinajstić information content (AvgIpc) is 2.88. The van der Waals surface area contributed by atoms with Crippen molar-refractivity contribution in [1.29, 1.82) is 0 Å². The van der Waals surface area contributed by atoms with Crippen LogP contribution in [0.2, 0.25) is 0 Å². The van der Waals surface area contributed by atoms with Crippen molar-refractivity contribution in [1.82, 2.24) is 21.3 Å². The largest absolute Gasteiger partial charge is 0.390 e. The number of carbonyl (C=O) groups is 2. The predicted molar refractivity (Wildman–Crippen MR) is 133 cm³/mol. The van der Waals surface area contributed by atoms with Crippen LogP contribution < -0.4 is 27.0 Å². The summed E-state index contributed by atoms with van der Waals surface area (Å²) in [5.74, 6) is -2.98. The Hall–Kier alpha value is -2.16. The van der Waals surface area contributed by atoms with Crippen LogP contribution in [-0.2, 0) is 30.2 Å². The molecule has 12 nitrogen and oxygen atoms in total. The molecule has 206 valence electrons. The zero-order valence-corrected chi connectivity index (χ0v) is 21.4. The Morgan fingerprint density at radius 1 is 1.16 bits per heavy atom. The number of nitrogens with one attached hydrogen (secondary N) is 4. The molecule has 1 aliphatic carbocycles. The fourth-order valence-corrected chi connectivity index (χ4v) is 5.53. The minimum Gasteiger partial charge on any atom is -0.390 e. The Kier molecular flexibility index (Phi) is 8.81. The van der Waals surface area contributed by atoms with E-state index in [0.29, 0.717) is 6.42 Å². The van der Waals surface area contributed by atoms with Crippen molar-refractivity contribution in [2.45, 2.75) is 86.8 Å². The van der Waals surface area contributed by atoms with Gasteiger partial charge in [-0.05, 0) is 39.4 Å². The summed E-state index contributed by atoms with van der Waals surface area (Å²) < 4.78 is 18.4. The van der Waals surface area contributed by atoms with Crippen LogP contribution in [0.1, 0.15) is 25.3 Å². The van der Waals surface area contributed by atoms with E-state index in [0.717, 1.165) is 5.56 Å². The predicted octanol–water partition coefficient (Wildman–Crippen LogP) is -2.29. The number of fused-ring (bicyclic) bond motifs is 2. The summed E-state index contributed by atoms with van der Waals surface area (Å²) >= 11 is 0. The maximum Gasteiger partial charge on any atom is 0.243 e. The summed E-state index contributed by atoms with van der Waals surface area (Å²) in [5, 5.41) is 34.3. The lowest BCUT2D eigenvalue weighted by atomic mass is 9.81. The molecule has 2 saturated heterocycles. The van der Waals surface area contributed by atoms with Gasteiger partial charge in [0.05, 0.1) is 36.9 Å². The van der Waals surface area contributed by atoms with Gasteiger partial charge >= 0.3 is 0 Å². The molecule has 2 aliphatic heterocycles. The van der Waals surface area contributed by atoms with Gasteiger partial charge in [0, 0.05) is 12.5 Å². The van der Waals surface area contributed by atoms with Crippen LogP contribution in [0.5, 0.6) is 0 Å². The summed E-state index contributed by atoms with van der Waals surface area (Å²) in [6.45, 7) is 1.56. The first-order chi connectivity index (χ1) is 17.7. The molecule has 10 atom stereocenters. The van der Waals surface area contributed by atoms with Gasteiger partial charge in [-0.3, -0.25) is 9.59 Å². The van der Waals surface area contributed by atoms with Crippen molar-refractivity contribution in [3.05, 3.63) is 35.9 Å². The molecular formula is C25H39N5O7. The van der Waals surface area contributed by atoms with Crippen LogP contribution in [0.3, 0.4) is 0 Å². The molecular weight excluding hydrogens is 482 g/mol. The minimum atomic E-state index is -2.01. The highest BCUT2D eigenvalue weighted by atomic mass is 16.8. The fraction of sp³-hybridized carbons (Fsp3) is 0.680. The van der Waals surface area contributed by atoms with Crippen molar-refractivity contribution < 1.29 is 34.0 Å². The molecule has 4 rings (SSSR count). The number of aliphatic hydroxyl groups excluding tert-OH is 1. The van der Waals surface area contributed by atoms with Gasteiger partial charge in [-0.1, -0.05) is 30.3 Å². The van der Waals surface area contributed by atoms with Gasteiger partial charge in [0.2, 0.25) is 23.9 Å². The second-order valence-electron chi connectivity index (χ2n) is 10.0. The molecule has 1 aromatic carbocycles. The molecule has 12 heteroatoms.